The van der Waals surface area contributed by atoms with Crippen molar-refractivity contribution in [3.63, 3.8) is 0 Å². The van der Waals surface area contributed by atoms with E-state index in [1.54, 1.807) is 0 Å². The van der Waals surface area contributed by atoms with Crippen LogP contribution in [0.4, 0.5) is 39.5 Å². The Labute approximate surface area is 89.4 Å². The molecule has 0 N–H and O–H groups in total. The quantitative estimate of drug-likeness (QED) is 0.520. The van der Waals surface area contributed by atoms with Gasteiger partial charge in [-0.25, -0.2) is 4.39 Å². The fourth-order valence-corrected chi connectivity index (χ4v) is 0.732. The Bertz CT molecular complexity index is 322. The van der Waals surface area contributed by atoms with E-state index in [4.69, 9.17) is 0 Å². The van der Waals surface area contributed by atoms with E-state index in [0.717, 1.165) is 0 Å². The Hall–Kier alpha value is -1.15. The van der Waals surface area contributed by atoms with Gasteiger partial charge in [-0.15, -0.1) is 6.58 Å². The first-order valence-electron chi connectivity index (χ1n) is 3.87. The molecule has 0 aliphatic rings. The number of rotatable bonds is 4. The molecule has 0 aliphatic heterocycles. The highest BCUT2D eigenvalue weighted by Crippen LogP contribution is 2.46. The van der Waals surface area contributed by atoms with Crippen molar-refractivity contribution >= 4 is 0 Å². The highest BCUT2D eigenvalue weighted by atomic mass is 19.4. The number of alkyl halides is 7. The van der Waals surface area contributed by atoms with E-state index in [9.17, 15) is 39.5 Å². The van der Waals surface area contributed by atoms with E-state index >= 15 is 0 Å². The second-order valence-electron chi connectivity index (χ2n) is 2.90. The maximum Gasteiger partial charge on any atom is 0.445 e. The van der Waals surface area contributed by atoms with Crippen LogP contribution >= 0.6 is 0 Å². The zero-order chi connectivity index (χ0) is 14.1. The van der Waals surface area contributed by atoms with Crippen molar-refractivity contribution in [2.75, 3.05) is 0 Å². The molecule has 0 unspecified atom stereocenters. The summed E-state index contributed by atoms with van der Waals surface area (Å²) in [6, 6.07) is 0. The van der Waals surface area contributed by atoms with Crippen molar-refractivity contribution in [3.8, 4) is 0 Å². The molecule has 0 amide bonds. The number of allylic oxidation sites excluding steroid dienone is 3. The lowest BCUT2D eigenvalue weighted by molar-refractivity contribution is -0.198. The summed E-state index contributed by atoms with van der Waals surface area (Å²) in [5.41, 5.74) is 0. The van der Waals surface area contributed by atoms with Crippen LogP contribution in [0.1, 0.15) is 6.42 Å². The first-order chi connectivity index (χ1) is 7.38. The normalized spacial score (nSPS) is 15.6. The van der Waals surface area contributed by atoms with Crippen LogP contribution in [0.5, 0.6) is 0 Å². The number of halogens is 9. The molecule has 100 valence electrons. The average Bonchev–Trinajstić information content (AvgIpc) is 2.13. The molecule has 9 heteroatoms. The molecule has 0 aliphatic carbocycles. The summed E-state index contributed by atoms with van der Waals surface area (Å²) < 4.78 is 109. The molecular formula is C8H5F9. The third-order valence-corrected chi connectivity index (χ3v) is 1.58. The monoisotopic (exact) mass is 272 g/mol. The first-order valence-corrected chi connectivity index (χ1v) is 3.87. The third kappa shape index (κ3) is 3.16. The predicted octanol–water partition coefficient (Wildman–Crippen LogP) is 4.55. The second kappa shape index (κ2) is 4.61. The molecule has 17 heavy (non-hydrogen) atoms. The summed E-state index contributed by atoms with van der Waals surface area (Å²) in [6.07, 6.45) is -7.66. The van der Waals surface area contributed by atoms with Crippen LogP contribution in [0.25, 0.3) is 0 Å². The standard InChI is InChI=1S/C8H5F9/c1-2-3-6(11,12)7(13,14)4(9)5(10)8(15,16)17/h2H,1,3H2/b5-4+. The summed E-state index contributed by atoms with van der Waals surface area (Å²) in [5, 5.41) is 0. The zero-order valence-electron chi connectivity index (χ0n) is 7.89. The lowest BCUT2D eigenvalue weighted by Crippen LogP contribution is -2.41. The molecule has 0 heterocycles. The average molecular weight is 272 g/mol. The van der Waals surface area contributed by atoms with Crippen LogP contribution in [0, 0.1) is 0 Å². The molecule has 0 rings (SSSR count). The smallest absolute Gasteiger partial charge is 0.202 e. The Morgan fingerprint density at radius 2 is 1.29 bits per heavy atom. The first kappa shape index (κ1) is 15.9. The van der Waals surface area contributed by atoms with E-state index in [-0.39, 0.29) is 6.08 Å². The summed E-state index contributed by atoms with van der Waals surface area (Å²) in [6.45, 7) is 2.64. The largest absolute Gasteiger partial charge is 0.445 e. The van der Waals surface area contributed by atoms with E-state index in [0.29, 0.717) is 0 Å². The topological polar surface area (TPSA) is 0 Å². The predicted molar refractivity (Wildman–Crippen MR) is 40.0 cm³/mol. The van der Waals surface area contributed by atoms with Crippen molar-refractivity contribution in [1.29, 1.82) is 0 Å². The van der Waals surface area contributed by atoms with Crippen LogP contribution in [0.2, 0.25) is 0 Å². The number of hydrogen-bond donors (Lipinski definition) is 0. The van der Waals surface area contributed by atoms with Gasteiger partial charge in [0.2, 0.25) is 11.7 Å². The van der Waals surface area contributed by atoms with Crippen LogP contribution in [-0.2, 0) is 0 Å². The van der Waals surface area contributed by atoms with Gasteiger partial charge in [-0.05, 0) is 0 Å². The van der Waals surface area contributed by atoms with Gasteiger partial charge < -0.3 is 0 Å². The SMILES string of the molecule is C=CCC(F)(F)C(F)(F)/C(F)=C(\F)C(F)(F)F. The maximum atomic E-state index is 12.6. The van der Waals surface area contributed by atoms with E-state index < -0.39 is 36.1 Å². The molecule has 0 aromatic carbocycles. The summed E-state index contributed by atoms with van der Waals surface area (Å²) >= 11 is 0. The van der Waals surface area contributed by atoms with Gasteiger partial charge >= 0.3 is 18.0 Å². The lowest BCUT2D eigenvalue weighted by atomic mass is 10.1. The van der Waals surface area contributed by atoms with Crippen LogP contribution in [0.15, 0.2) is 24.3 Å². The Morgan fingerprint density at radius 1 is 0.882 bits per heavy atom. The van der Waals surface area contributed by atoms with Gasteiger partial charge in [-0.3, -0.25) is 0 Å². The highest BCUT2D eigenvalue weighted by Gasteiger charge is 2.62. The molecule has 0 atom stereocenters. The van der Waals surface area contributed by atoms with Crippen molar-refractivity contribution in [2.24, 2.45) is 0 Å². The summed E-state index contributed by atoms with van der Waals surface area (Å²) in [5.74, 6) is -18.8. The molecule has 0 aromatic rings. The van der Waals surface area contributed by atoms with Crippen molar-refractivity contribution in [2.45, 2.75) is 24.4 Å². The molecule has 0 bridgehead atoms. The molecule has 0 fully saturated rings. The van der Waals surface area contributed by atoms with Gasteiger partial charge in [0.25, 0.3) is 0 Å². The third-order valence-electron chi connectivity index (χ3n) is 1.58. The fourth-order valence-electron chi connectivity index (χ4n) is 0.732. The van der Waals surface area contributed by atoms with Gasteiger partial charge in [0, 0.05) is 6.42 Å². The van der Waals surface area contributed by atoms with Gasteiger partial charge in [0.05, 0.1) is 0 Å². The lowest BCUT2D eigenvalue weighted by Gasteiger charge is -2.24. The van der Waals surface area contributed by atoms with E-state index in [2.05, 4.69) is 6.58 Å². The van der Waals surface area contributed by atoms with Crippen LogP contribution < -0.4 is 0 Å². The van der Waals surface area contributed by atoms with Gasteiger partial charge in [0.1, 0.15) is 0 Å². The van der Waals surface area contributed by atoms with Crippen molar-refractivity contribution in [3.05, 3.63) is 24.3 Å². The van der Waals surface area contributed by atoms with Gasteiger partial charge in [0.15, 0.2) is 0 Å². The molecule has 0 radical (unpaired) electrons. The number of hydrogen-bond acceptors (Lipinski definition) is 0. The van der Waals surface area contributed by atoms with Crippen molar-refractivity contribution < 1.29 is 39.5 Å². The highest BCUT2D eigenvalue weighted by molar-refractivity contribution is 5.18. The van der Waals surface area contributed by atoms with Crippen molar-refractivity contribution in [1.82, 2.24) is 0 Å². The molecule has 0 aromatic heterocycles. The van der Waals surface area contributed by atoms with Gasteiger partial charge in [-0.1, -0.05) is 6.08 Å². The van der Waals surface area contributed by atoms with Crippen LogP contribution in [0.3, 0.4) is 0 Å². The summed E-state index contributed by atoms with van der Waals surface area (Å²) in [7, 11) is 0. The molecular weight excluding hydrogens is 267 g/mol. The summed E-state index contributed by atoms with van der Waals surface area (Å²) in [4.78, 5) is 0. The van der Waals surface area contributed by atoms with Gasteiger partial charge in [-0.2, -0.15) is 35.1 Å². The van der Waals surface area contributed by atoms with Crippen LogP contribution in [-0.4, -0.2) is 18.0 Å². The molecule has 0 spiro atoms. The molecule has 0 saturated heterocycles. The van der Waals surface area contributed by atoms with E-state index in [1.807, 2.05) is 0 Å². The maximum absolute atomic E-state index is 12.6. The molecule has 0 saturated carbocycles. The minimum atomic E-state index is -6.10. The second-order valence-corrected chi connectivity index (χ2v) is 2.90. The zero-order valence-corrected chi connectivity index (χ0v) is 7.89. The Kier molecular flexibility index (Phi) is 4.30. The Balaban J connectivity index is 5.54. The Morgan fingerprint density at radius 3 is 1.59 bits per heavy atom. The minimum absolute atomic E-state index is 0.243. The fraction of sp³-hybridized carbons (Fsp3) is 0.500. The minimum Gasteiger partial charge on any atom is -0.202 e. The molecule has 0 nitrogen and oxygen atoms in total. The van der Waals surface area contributed by atoms with E-state index in [1.165, 1.54) is 0 Å².